The predicted molar refractivity (Wildman–Crippen MR) is 55.7 cm³/mol. The first-order chi connectivity index (χ1) is 5.31. The van der Waals surface area contributed by atoms with E-state index in [2.05, 4.69) is 27.9 Å². The van der Waals surface area contributed by atoms with E-state index in [0.29, 0.717) is 0 Å². The van der Waals surface area contributed by atoms with E-state index in [1.165, 1.54) is 45.2 Å². The summed E-state index contributed by atoms with van der Waals surface area (Å²) in [5.41, 5.74) is 0. The van der Waals surface area contributed by atoms with Crippen molar-refractivity contribution in [3.8, 4) is 0 Å². The molecule has 2 heteroatoms. The molecule has 0 N–H and O–H groups in total. The van der Waals surface area contributed by atoms with Crippen LogP contribution in [0.2, 0.25) is 0 Å². The highest BCUT2D eigenvalue weighted by Crippen LogP contribution is 2.05. The fourth-order valence-corrected chi connectivity index (χ4v) is 1.40. The maximum absolute atomic E-state index is 2.81. The summed E-state index contributed by atoms with van der Waals surface area (Å²) in [7, 11) is 2.81. The van der Waals surface area contributed by atoms with E-state index in [1.54, 1.807) is 0 Å². The zero-order valence-corrected chi connectivity index (χ0v) is 9.13. The second-order valence-electron chi connectivity index (χ2n) is 3.10. The van der Waals surface area contributed by atoms with Crippen LogP contribution in [0, 0.1) is 0 Å². The van der Waals surface area contributed by atoms with Gasteiger partial charge in [0.05, 0.1) is 0 Å². The summed E-state index contributed by atoms with van der Waals surface area (Å²) in [5.74, 6) is 0. The molecule has 68 valence electrons. The van der Waals surface area contributed by atoms with Crippen LogP contribution in [0.5, 0.6) is 0 Å². The molecule has 0 spiro atoms. The molecule has 0 amide bonds. The van der Waals surface area contributed by atoms with Gasteiger partial charge in [0.1, 0.15) is 0 Å². The Morgan fingerprint density at radius 2 is 1.45 bits per heavy atom. The van der Waals surface area contributed by atoms with Crippen molar-refractivity contribution < 1.29 is 0 Å². The number of unbranched alkanes of at least 4 members (excludes halogenated alkanes) is 3. The standard InChI is InChI=1S/C9H22NP/c1-3-5-7-9-10(11)8-6-4-2/h3-9,11H2,1-2H3. The van der Waals surface area contributed by atoms with E-state index in [0.717, 1.165) is 0 Å². The van der Waals surface area contributed by atoms with Gasteiger partial charge in [-0.05, 0) is 12.8 Å². The van der Waals surface area contributed by atoms with Crippen molar-refractivity contribution in [1.29, 1.82) is 0 Å². The molecular weight excluding hydrogens is 153 g/mol. The third-order valence-electron chi connectivity index (χ3n) is 1.85. The van der Waals surface area contributed by atoms with Crippen LogP contribution in [0.3, 0.4) is 0 Å². The molecule has 0 fully saturated rings. The van der Waals surface area contributed by atoms with Crippen LogP contribution in [0.15, 0.2) is 0 Å². The summed E-state index contributed by atoms with van der Waals surface area (Å²) < 4.78 is 2.36. The lowest BCUT2D eigenvalue weighted by atomic mass is 10.2. The summed E-state index contributed by atoms with van der Waals surface area (Å²) >= 11 is 0. The van der Waals surface area contributed by atoms with Gasteiger partial charge in [0.15, 0.2) is 0 Å². The summed E-state index contributed by atoms with van der Waals surface area (Å²) in [5, 5.41) is 0. The Balaban J connectivity index is 3.02. The van der Waals surface area contributed by atoms with Crippen molar-refractivity contribution in [2.75, 3.05) is 13.1 Å². The van der Waals surface area contributed by atoms with E-state index in [-0.39, 0.29) is 0 Å². The van der Waals surface area contributed by atoms with Gasteiger partial charge < -0.3 is 0 Å². The predicted octanol–water partition coefficient (Wildman–Crippen LogP) is 3.07. The minimum absolute atomic E-state index is 1.24. The Labute approximate surface area is 73.8 Å². The normalized spacial score (nSPS) is 10.9. The van der Waals surface area contributed by atoms with E-state index in [9.17, 15) is 0 Å². The van der Waals surface area contributed by atoms with E-state index >= 15 is 0 Å². The van der Waals surface area contributed by atoms with Crippen molar-refractivity contribution in [3.05, 3.63) is 0 Å². The largest absolute Gasteiger partial charge is 0.287 e. The van der Waals surface area contributed by atoms with Crippen molar-refractivity contribution in [2.24, 2.45) is 0 Å². The smallest absolute Gasteiger partial charge is 0.00161 e. The highest BCUT2D eigenvalue weighted by molar-refractivity contribution is 7.13. The molecule has 0 aromatic rings. The topological polar surface area (TPSA) is 3.24 Å². The Morgan fingerprint density at radius 1 is 0.909 bits per heavy atom. The van der Waals surface area contributed by atoms with Gasteiger partial charge in [0.25, 0.3) is 0 Å². The minimum Gasteiger partial charge on any atom is -0.287 e. The van der Waals surface area contributed by atoms with Crippen molar-refractivity contribution >= 4 is 9.39 Å². The van der Waals surface area contributed by atoms with Gasteiger partial charge in [-0.1, -0.05) is 42.5 Å². The fraction of sp³-hybridized carbons (Fsp3) is 1.00. The molecule has 11 heavy (non-hydrogen) atoms. The van der Waals surface area contributed by atoms with Crippen molar-refractivity contribution in [3.63, 3.8) is 0 Å². The molecule has 0 saturated carbocycles. The lowest BCUT2D eigenvalue weighted by molar-refractivity contribution is 0.438. The molecule has 0 radical (unpaired) electrons. The number of hydrogen-bond acceptors (Lipinski definition) is 1. The summed E-state index contributed by atoms with van der Waals surface area (Å²) in [4.78, 5) is 0. The SMILES string of the molecule is CCCCCN(P)CCCC. The first-order valence-corrected chi connectivity index (χ1v) is 5.32. The molecule has 1 atom stereocenters. The van der Waals surface area contributed by atoms with E-state index < -0.39 is 0 Å². The van der Waals surface area contributed by atoms with Crippen LogP contribution in [0.25, 0.3) is 0 Å². The zero-order valence-electron chi connectivity index (χ0n) is 7.97. The lowest BCUT2D eigenvalue weighted by Gasteiger charge is -2.14. The third-order valence-corrected chi connectivity index (χ3v) is 2.36. The third kappa shape index (κ3) is 8.29. The molecule has 0 aliphatic heterocycles. The van der Waals surface area contributed by atoms with E-state index in [1.807, 2.05) is 0 Å². The number of nitrogens with zero attached hydrogens (tertiary/aromatic N) is 1. The summed E-state index contributed by atoms with van der Waals surface area (Å²) in [6.45, 7) is 6.98. The van der Waals surface area contributed by atoms with E-state index in [4.69, 9.17) is 0 Å². The highest BCUT2D eigenvalue weighted by Gasteiger charge is 1.95. The quantitative estimate of drug-likeness (QED) is 0.424. The van der Waals surface area contributed by atoms with Gasteiger partial charge in [0.2, 0.25) is 0 Å². The molecule has 0 saturated heterocycles. The van der Waals surface area contributed by atoms with Gasteiger partial charge >= 0.3 is 0 Å². The van der Waals surface area contributed by atoms with Crippen LogP contribution in [0.1, 0.15) is 46.0 Å². The second kappa shape index (κ2) is 8.49. The monoisotopic (exact) mass is 175 g/mol. The Morgan fingerprint density at radius 3 is 2.00 bits per heavy atom. The summed E-state index contributed by atoms with van der Waals surface area (Å²) in [6.07, 6.45) is 6.68. The molecule has 1 nitrogen and oxygen atoms in total. The molecule has 0 aliphatic rings. The molecule has 0 aromatic heterocycles. The highest BCUT2D eigenvalue weighted by atomic mass is 31.0. The maximum atomic E-state index is 2.81. The molecule has 1 unspecified atom stereocenters. The van der Waals surface area contributed by atoms with Crippen LogP contribution < -0.4 is 0 Å². The van der Waals surface area contributed by atoms with Gasteiger partial charge in [-0.15, -0.1) is 0 Å². The molecule has 0 aliphatic carbocycles. The van der Waals surface area contributed by atoms with Gasteiger partial charge in [-0.25, -0.2) is 0 Å². The number of hydrogen-bond donors (Lipinski definition) is 0. The zero-order chi connectivity index (χ0) is 8.53. The van der Waals surface area contributed by atoms with Crippen molar-refractivity contribution in [1.82, 2.24) is 4.67 Å². The lowest BCUT2D eigenvalue weighted by Crippen LogP contribution is -2.13. The Kier molecular flexibility index (Phi) is 8.79. The minimum atomic E-state index is 1.24. The molecule has 0 heterocycles. The van der Waals surface area contributed by atoms with Gasteiger partial charge in [-0.2, -0.15) is 0 Å². The molecule has 0 bridgehead atoms. The average molecular weight is 175 g/mol. The second-order valence-corrected chi connectivity index (χ2v) is 3.83. The van der Waals surface area contributed by atoms with Gasteiger partial charge in [-0.3, -0.25) is 4.67 Å². The molecule has 0 aromatic carbocycles. The fourth-order valence-electron chi connectivity index (χ4n) is 1.04. The first kappa shape index (κ1) is 11.4. The van der Waals surface area contributed by atoms with Crippen molar-refractivity contribution in [2.45, 2.75) is 46.0 Å². The van der Waals surface area contributed by atoms with Crippen LogP contribution in [-0.2, 0) is 0 Å². The first-order valence-electron chi connectivity index (χ1n) is 4.80. The average Bonchev–Trinajstić information content (AvgIpc) is 2.01. The van der Waals surface area contributed by atoms with Crippen LogP contribution in [0.4, 0.5) is 0 Å². The van der Waals surface area contributed by atoms with Crippen LogP contribution >= 0.6 is 9.39 Å². The number of rotatable bonds is 7. The molecular formula is C9H22NP. The maximum Gasteiger partial charge on any atom is 0.00161 e. The molecule has 0 rings (SSSR count). The summed E-state index contributed by atoms with van der Waals surface area (Å²) in [6, 6.07) is 0. The van der Waals surface area contributed by atoms with Crippen LogP contribution in [-0.4, -0.2) is 17.8 Å². The Hall–Kier alpha value is 0.390. The Bertz CT molecular complexity index is 76.0. The van der Waals surface area contributed by atoms with Gasteiger partial charge in [0, 0.05) is 13.1 Å².